The molecule has 0 aliphatic heterocycles. The van der Waals surface area contributed by atoms with Crippen LogP contribution in [0.1, 0.15) is 0 Å². The van der Waals surface area contributed by atoms with Crippen LogP contribution in [0.4, 0.5) is 17.1 Å². The quantitative estimate of drug-likeness (QED) is 0.353. The van der Waals surface area contributed by atoms with Gasteiger partial charge < -0.3 is 0 Å². The SMILES string of the molecule is O=[N+]([O-])c1cc([N+](=O)[O-])c(SOOO)c([N+](=O)[O-])c1. The minimum atomic E-state index is -1.07. The minimum absolute atomic E-state index is 0.0274. The van der Waals surface area contributed by atoms with Crippen molar-refractivity contribution in [2.24, 2.45) is 0 Å². The van der Waals surface area contributed by atoms with Crippen molar-refractivity contribution >= 4 is 29.1 Å². The number of nitro groups is 3. The average Bonchev–Trinajstić information content (AvgIpc) is 2.34. The lowest BCUT2D eigenvalue weighted by Gasteiger charge is -2.01. The molecule has 0 aromatic heterocycles. The Morgan fingerprint density at radius 1 is 1.00 bits per heavy atom. The van der Waals surface area contributed by atoms with Crippen LogP contribution in [0.25, 0.3) is 0 Å². The van der Waals surface area contributed by atoms with Gasteiger partial charge in [-0.15, -0.1) is 4.33 Å². The van der Waals surface area contributed by atoms with Crippen LogP contribution >= 0.6 is 12.0 Å². The molecule has 102 valence electrons. The summed E-state index contributed by atoms with van der Waals surface area (Å²) in [6.07, 6.45) is 0. The van der Waals surface area contributed by atoms with Gasteiger partial charge in [0.25, 0.3) is 17.1 Å². The number of benzene rings is 1. The van der Waals surface area contributed by atoms with Crippen molar-refractivity contribution in [2.75, 3.05) is 0 Å². The zero-order valence-electron chi connectivity index (χ0n) is 8.62. The van der Waals surface area contributed by atoms with Crippen molar-refractivity contribution in [2.45, 2.75) is 4.90 Å². The van der Waals surface area contributed by atoms with Crippen LogP contribution in [-0.4, -0.2) is 20.0 Å². The van der Waals surface area contributed by atoms with Gasteiger partial charge in [-0.1, -0.05) is 5.04 Å². The fourth-order valence-corrected chi connectivity index (χ4v) is 1.63. The van der Waals surface area contributed by atoms with Crippen LogP contribution in [0, 0.1) is 30.3 Å². The van der Waals surface area contributed by atoms with Crippen LogP contribution in [-0.2, 0) is 9.37 Å². The van der Waals surface area contributed by atoms with Crippen molar-refractivity contribution in [1.29, 1.82) is 0 Å². The smallest absolute Gasteiger partial charge is 0.258 e. The van der Waals surface area contributed by atoms with E-state index < -0.39 is 36.7 Å². The summed E-state index contributed by atoms with van der Waals surface area (Å²) in [4.78, 5) is 28.2. The molecule has 13 heteroatoms. The third-order valence-corrected chi connectivity index (χ3v) is 2.50. The molecule has 0 unspecified atom stereocenters. The summed E-state index contributed by atoms with van der Waals surface area (Å²) in [7, 11) is 0. The summed E-state index contributed by atoms with van der Waals surface area (Å²) < 4.78 is 3.90. The van der Waals surface area contributed by atoms with Crippen molar-refractivity contribution in [1.82, 2.24) is 0 Å². The summed E-state index contributed by atoms with van der Waals surface area (Å²) in [5.41, 5.74) is -2.68. The van der Waals surface area contributed by atoms with Crippen molar-refractivity contribution < 1.29 is 29.4 Å². The second-order valence-corrected chi connectivity index (χ2v) is 3.52. The van der Waals surface area contributed by atoms with Gasteiger partial charge in [-0.2, -0.15) is 0 Å². The summed E-state index contributed by atoms with van der Waals surface area (Å²) in [6, 6.07) is 1.05. The Labute approximate surface area is 107 Å². The largest absolute Gasteiger partial charge is 0.299 e. The highest BCUT2D eigenvalue weighted by Gasteiger charge is 2.31. The molecule has 1 aromatic rings. The molecular formula is C6H3N3O9S. The highest BCUT2D eigenvalue weighted by molar-refractivity contribution is 7.94. The molecule has 0 aliphatic rings. The molecule has 0 heterocycles. The molecule has 1 aromatic carbocycles. The Morgan fingerprint density at radius 3 is 1.79 bits per heavy atom. The van der Waals surface area contributed by atoms with Crippen molar-refractivity contribution in [3.8, 4) is 0 Å². The summed E-state index contributed by atoms with van der Waals surface area (Å²) in [5, 5.41) is 43.1. The molecule has 0 atom stereocenters. The van der Waals surface area contributed by atoms with E-state index in [4.69, 9.17) is 5.26 Å². The normalized spacial score (nSPS) is 10.2. The molecular weight excluding hydrogens is 290 g/mol. The first-order valence-electron chi connectivity index (χ1n) is 4.14. The van der Waals surface area contributed by atoms with E-state index in [1.807, 2.05) is 0 Å². The predicted molar refractivity (Wildman–Crippen MR) is 57.1 cm³/mol. The molecule has 1 rings (SSSR count). The summed E-state index contributed by atoms with van der Waals surface area (Å²) in [6.45, 7) is 0. The van der Waals surface area contributed by atoms with Gasteiger partial charge in [0.15, 0.2) is 4.90 Å². The van der Waals surface area contributed by atoms with Crippen LogP contribution in [0.5, 0.6) is 0 Å². The van der Waals surface area contributed by atoms with E-state index in [2.05, 4.69) is 9.37 Å². The second-order valence-electron chi connectivity index (χ2n) is 2.81. The van der Waals surface area contributed by atoms with E-state index in [1.54, 1.807) is 0 Å². The lowest BCUT2D eigenvalue weighted by Crippen LogP contribution is -2.00. The Hall–Kier alpha value is -2.35. The minimum Gasteiger partial charge on any atom is -0.258 e. The first kappa shape index (κ1) is 14.7. The van der Waals surface area contributed by atoms with Gasteiger partial charge in [-0.25, -0.2) is 5.26 Å². The van der Waals surface area contributed by atoms with Gasteiger partial charge in [0.05, 0.1) is 38.9 Å². The maximum absolute atomic E-state index is 10.7. The lowest BCUT2D eigenvalue weighted by atomic mass is 10.2. The zero-order valence-corrected chi connectivity index (χ0v) is 9.43. The van der Waals surface area contributed by atoms with Gasteiger partial charge in [-0.3, -0.25) is 30.3 Å². The van der Waals surface area contributed by atoms with E-state index >= 15 is 0 Å². The van der Waals surface area contributed by atoms with Crippen molar-refractivity contribution in [3.05, 3.63) is 42.5 Å². The molecule has 0 radical (unpaired) electrons. The number of hydrogen-bond donors (Lipinski definition) is 1. The Kier molecular flexibility index (Phi) is 4.65. The van der Waals surface area contributed by atoms with Gasteiger partial charge in [0.2, 0.25) is 0 Å². The number of rotatable bonds is 6. The van der Waals surface area contributed by atoms with Gasteiger partial charge in [-0.05, 0) is 0 Å². The molecule has 0 saturated heterocycles. The molecule has 0 spiro atoms. The second kappa shape index (κ2) is 6.01. The monoisotopic (exact) mass is 293 g/mol. The van der Waals surface area contributed by atoms with E-state index in [0.717, 1.165) is 0 Å². The highest BCUT2D eigenvalue weighted by atomic mass is 32.2. The third-order valence-electron chi connectivity index (χ3n) is 1.79. The van der Waals surface area contributed by atoms with Crippen LogP contribution in [0.3, 0.4) is 0 Å². The third kappa shape index (κ3) is 3.32. The lowest BCUT2D eigenvalue weighted by molar-refractivity contribution is -0.433. The fourth-order valence-electron chi connectivity index (χ4n) is 1.10. The predicted octanol–water partition coefficient (Wildman–Crippen LogP) is 1.84. The Balaban J connectivity index is 3.50. The molecule has 0 amide bonds. The topological polar surface area (TPSA) is 168 Å². The Bertz CT molecular complexity index is 512. The average molecular weight is 293 g/mol. The Morgan fingerprint density at radius 2 is 1.47 bits per heavy atom. The van der Waals surface area contributed by atoms with Crippen LogP contribution < -0.4 is 0 Å². The van der Waals surface area contributed by atoms with Gasteiger partial charge >= 0.3 is 0 Å². The molecule has 0 bridgehead atoms. The summed E-state index contributed by atoms with van der Waals surface area (Å²) >= 11 is -0.0274. The number of hydrogen-bond acceptors (Lipinski definition) is 10. The van der Waals surface area contributed by atoms with E-state index in [9.17, 15) is 30.3 Å². The van der Waals surface area contributed by atoms with Crippen molar-refractivity contribution in [3.63, 3.8) is 0 Å². The number of non-ortho nitro benzene ring substituents is 1. The van der Waals surface area contributed by atoms with E-state index in [1.165, 1.54) is 0 Å². The van der Waals surface area contributed by atoms with Gasteiger partial charge in [0.1, 0.15) is 0 Å². The zero-order chi connectivity index (χ0) is 14.6. The van der Waals surface area contributed by atoms with E-state index in [0.29, 0.717) is 12.1 Å². The molecule has 0 aliphatic carbocycles. The first-order valence-corrected chi connectivity index (χ1v) is 4.88. The maximum atomic E-state index is 10.7. The van der Waals surface area contributed by atoms with Crippen LogP contribution in [0.15, 0.2) is 17.0 Å². The van der Waals surface area contributed by atoms with Gasteiger partial charge in [0, 0.05) is 0 Å². The highest BCUT2D eigenvalue weighted by Crippen LogP contribution is 2.40. The number of nitro benzene ring substituents is 3. The van der Waals surface area contributed by atoms with Crippen LogP contribution in [0.2, 0.25) is 0 Å². The summed E-state index contributed by atoms with van der Waals surface area (Å²) in [5.74, 6) is 0. The molecule has 0 fully saturated rings. The first-order chi connectivity index (χ1) is 8.88. The number of nitrogens with zero attached hydrogens (tertiary/aromatic N) is 3. The standard InChI is InChI=1S/C6H3N3O9S/c10-7(11)3-1-4(8(12)13)6(19-18-17-16)5(2-3)9(14)15/h1-2,16H. The molecule has 0 saturated carbocycles. The maximum Gasteiger partial charge on any atom is 0.299 e. The van der Waals surface area contributed by atoms with E-state index in [-0.39, 0.29) is 12.0 Å². The molecule has 12 nitrogen and oxygen atoms in total. The molecule has 1 N–H and O–H groups in total. The fraction of sp³-hybridized carbons (Fsp3) is 0. The molecule has 19 heavy (non-hydrogen) atoms.